The van der Waals surface area contributed by atoms with Crippen LogP contribution in [0.5, 0.6) is 0 Å². The van der Waals surface area contributed by atoms with Gasteiger partial charge in [0.15, 0.2) is 0 Å². The average molecular weight is 527 g/mol. The van der Waals surface area contributed by atoms with E-state index in [1.165, 1.54) is 16.3 Å². The summed E-state index contributed by atoms with van der Waals surface area (Å²) in [7, 11) is 0. The number of hydrazine groups is 2. The van der Waals surface area contributed by atoms with Gasteiger partial charge in [-0.05, 0) is 44.7 Å². The molecule has 2 aromatic carbocycles. The van der Waals surface area contributed by atoms with E-state index >= 15 is 0 Å². The number of nitrogens with zero attached hydrogens (tertiary/aromatic N) is 3. The molecule has 0 spiro atoms. The second-order valence-corrected chi connectivity index (χ2v) is 10.4. The van der Waals surface area contributed by atoms with Crippen molar-refractivity contribution in [1.29, 1.82) is 0 Å². The number of hydrogen-bond acceptors (Lipinski definition) is 8. The first-order valence-electron chi connectivity index (χ1n) is 12.0. The number of rotatable bonds is 10. The molecule has 3 rings (SSSR count). The number of benzene rings is 2. The molecule has 1 atom stereocenters. The summed E-state index contributed by atoms with van der Waals surface area (Å²) in [4.78, 5) is 30.9. The Morgan fingerprint density at radius 3 is 2.30 bits per heavy atom. The van der Waals surface area contributed by atoms with Crippen LogP contribution in [-0.4, -0.2) is 50.7 Å². The number of nitrogens with one attached hydrogen (secondary N) is 1. The maximum atomic E-state index is 13.2. The molecule has 1 aromatic heterocycles. The number of amides is 2. The van der Waals surface area contributed by atoms with E-state index in [0.29, 0.717) is 12.8 Å². The standard InChI is InChI=1S/C27H34N4O5S/c1-27(2,3)36-26(34)31(29-25(33)35-19-22-12-8-5-9-13-22)30(18-24-16-28-20-37-24)17-23(32)15-14-21-10-6-4-7-11-21/h4-13,16,20,23,32H,14-15,17-19H2,1-3H3,(H,29,33)/t23-/m0/s1. The van der Waals surface area contributed by atoms with Gasteiger partial charge in [0, 0.05) is 17.6 Å². The Bertz CT molecular complexity index is 1090. The van der Waals surface area contributed by atoms with Crippen LogP contribution < -0.4 is 5.43 Å². The number of aliphatic hydroxyl groups excluding tert-OH is 1. The van der Waals surface area contributed by atoms with E-state index in [2.05, 4.69) is 10.4 Å². The molecule has 2 N–H and O–H groups in total. The molecule has 10 heteroatoms. The van der Waals surface area contributed by atoms with Crippen molar-refractivity contribution in [3.05, 3.63) is 88.4 Å². The Morgan fingerprint density at radius 2 is 1.70 bits per heavy atom. The Morgan fingerprint density at radius 1 is 1.05 bits per heavy atom. The number of ether oxygens (including phenoxy) is 2. The lowest BCUT2D eigenvalue weighted by molar-refractivity contribution is -0.0953. The third kappa shape index (κ3) is 10.2. The van der Waals surface area contributed by atoms with Gasteiger partial charge in [0.25, 0.3) is 0 Å². The molecule has 3 aromatic rings. The highest BCUT2D eigenvalue weighted by Crippen LogP contribution is 2.17. The number of aliphatic hydroxyl groups is 1. The summed E-state index contributed by atoms with van der Waals surface area (Å²) in [6.45, 7) is 5.51. The van der Waals surface area contributed by atoms with Gasteiger partial charge in [-0.3, -0.25) is 4.98 Å². The summed E-state index contributed by atoms with van der Waals surface area (Å²) >= 11 is 1.40. The molecule has 0 saturated carbocycles. The van der Waals surface area contributed by atoms with E-state index in [4.69, 9.17) is 9.47 Å². The molecular formula is C27H34N4O5S. The van der Waals surface area contributed by atoms with Crippen LogP contribution >= 0.6 is 11.3 Å². The van der Waals surface area contributed by atoms with Crippen LogP contribution in [0.1, 0.15) is 43.2 Å². The highest BCUT2D eigenvalue weighted by molar-refractivity contribution is 7.09. The summed E-state index contributed by atoms with van der Waals surface area (Å²) in [5.74, 6) is 0. The predicted octanol–water partition coefficient (Wildman–Crippen LogP) is 4.93. The highest BCUT2D eigenvalue weighted by atomic mass is 32.1. The van der Waals surface area contributed by atoms with Gasteiger partial charge in [-0.1, -0.05) is 60.7 Å². The maximum absolute atomic E-state index is 13.2. The Balaban J connectivity index is 1.75. The zero-order valence-corrected chi connectivity index (χ0v) is 22.2. The highest BCUT2D eigenvalue weighted by Gasteiger charge is 2.31. The largest absolute Gasteiger partial charge is 0.444 e. The van der Waals surface area contributed by atoms with E-state index in [1.807, 2.05) is 60.7 Å². The SMILES string of the molecule is CC(C)(C)OC(=O)N(NC(=O)OCc1ccccc1)N(Cc1cncs1)C[C@@H](O)CCc1ccccc1. The minimum Gasteiger partial charge on any atom is -0.443 e. The smallest absolute Gasteiger partial charge is 0.443 e. The van der Waals surface area contributed by atoms with Crippen LogP contribution in [0, 0.1) is 0 Å². The number of hydrogen-bond donors (Lipinski definition) is 2. The van der Waals surface area contributed by atoms with Crippen LogP contribution in [0.2, 0.25) is 0 Å². The van der Waals surface area contributed by atoms with Gasteiger partial charge in [0.2, 0.25) is 0 Å². The van der Waals surface area contributed by atoms with Crippen molar-refractivity contribution in [2.75, 3.05) is 6.54 Å². The normalized spacial score (nSPS) is 12.1. The number of aromatic nitrogens is 1. The zero-order valence-electron chi connectivity index (χ0n) is 21.4. The molecule has 0 aliphatic carbocycles. The molecule has 2 amide bonds. The lowest BCUT2D eigenvalue weighted by Gasteiger charge is -2.36. The van der Waals surface area contributed by atoms with Crippen LogP contribution in [0.4, 0.5) is 9.59 Å². The van der Waals surface area contributed by atoms with Crippen molar-refractivity contribution < 1.29 is 24.2 Å². The molecule has 0 aliphatic heterocycles. The van der Waals surface area contributed by atoms with Gasteiger partial charge in [-0.25, -0.2) is 15.0 Å². The number of carbonyl (C=O) groups is 2. The van der Waals surface area contributed by atoms with E-state index in [-0.39, 0.29) is 19.7 Å². The average Bonchev–Trinajstić information content (AvgIpc) is 3.38. The summed E-state index contributed by atoms with van der Waals surface area (Å²) in [6, 6.07) is 19.1. The van der Waals surface area contributed by atoms with Crippen molar-refractivity contribution in [1.82, 2.24) is 20.5 Å². The third-order valence-corrected chi connectivity index (χ3v) is 5.88. The summed E-state index contributed by atoms with van der Waals surface area (Å²) in [6.07, 6.45) is 0.376. The first-order valence-corrected chi connectivity index (χ1v) is 12.9. The van der Waals surface area contributed by atoms with E-state index in [1.54, 1.807) is 32.5 Å². The molecule has 0 fully saturated rings. The molecule has 0 saturated heterocycles. The molecule has 37 heavy (non-hydrogen) atoms. The Kier molecular flexibility index (Phi) is 10.4. The van der Waals surface area contributed by atoms with Crippen molar-refractivity contribution >= 4 is 23.5 Å². The second-order valence-electron chi connectivity index (χ2n) is 9.46. The van der Waals surface area contributed by atoms with Gasteiger partial charge >= 0.3 is 12.2 Å². The van der Waals surface area contributed by atoms with Gasteiger partial charge in [0.1, 0.15) is 12.2 Å². The van der Waals surface area contributed by atoms with Crippen molar-refractivity contribution in [2.24, 2.45) is 0 Å². The Hall–Kier alpha value is -3.47. The second kappa shape index (κ2) is 13.7. The Labute approximate surface area is 221 Å². The fourth-order valence-electron chi connectivity index (χ4n) is 3.41. The lowest BCUT2D eigenvalue weighted by atomic mass is 10.1. The summed E-state index contributed by atoms with van der Waals surface area (Å²) in [5, 5.41) is 13.4. The number of thiazole rings is 1. The molecule has 1 heterocycles. The lowest BCUT2D eigenvalue weighted by Crippen LogP contribution is -2.58. The quantitative estimate of drug-likeness (QED) is 0.361. The zero-order chi connectivity index (χ0) is 26.7. The minimum absolute atomic E-state index is 0.0311. The van der Waals surface area contributed by atoms with Crippen molar-refractivity contribution in [3.8, 4) is 0 Å². The van der Waals surface area contributed by atoms with Gasteiger partial charge in [0.05, 0.1) is 18.2 Å². The van der Waals surface area contributed by atoms with E-state index in [0.717, 1.165) is 21.1 Å². The number of aryl methyl sites for hydroxylation is 1. The van der Waals surface area contributed by atoms with Gasteiger partial charge < -0.3 is 14.6 Å². The monoisotopic (exact) mass is 526 g/mol. The molecule has 0 unspecified atom stereocenters. The molecule has 0 radical (unpaired) electrons. The van der Waals surface area contributed by atoms with Crippen molar-refractivity contribution in [3.63, 3.8) is 0 Å². The van der Waals surface area contributed by atoms with E-state index < -0.39 is 23.9 Å². The summed E-state index contributed by atoms with van der Waals surface area (Å²) < 4.78 is 10.9. The van der Waals surface area contributed by atoms with Crippen LogP contribution in [-0.2, 0) is 29.0 Å². The maximum Gasteiger partial charge on any atom is 0.444 e. The molecule has 9 nitrogen and oxygen atoms in total. The fourth-order valence-corrected chi connectivity index (χ4v) is 4.01. The molecule has 0 aliphatic rings. The first kappa shape index (κ1) is 28.1. The number of carbonyl (C=O) groups excluding carboxylic acids is 2. The third-order valence-electron chi connectivity index (χ3n) is 5.11. The predicted molar refractivity (Wildman–Crippen MR) is 141 cm³/mol. The topological polar surface area (TPSA) is 104 Å². The van der Waals surface area contributed by atoms with Crippen LogP contribution in [0.3, 0.4) is 0 Å². The van der Waals surface area contributed by atoms with Crippen molar-refractivity contribution in [2.45, 2.75) is 58.5 Å². The van der Waals surface area contributed by atoms with Gasteiger partial charge in [-0.15, -0.1) is 16.5 Å². The first-order chi connectivity index (χ1) is 17.7. The molecular weight excluding hydrogens is 492 g/mol. The molecule has 198 valence electrons. The fraction of sp³-hybridized carbons (Fsp3) is 0.370. The summed E-state index contributed by atoms with van der Waals surface area (Å²) in [5.41, 5.74) is 5.27. The van der Waals surface area contributed by atoms with Crippen LogP contribution in [0.15, 0.2) is 72.4 Å². The molecule has 0 bridgehead atoms. The van der Waals surface area contributed by atoms with Gasteiger partial charge in [-0.2, -0.15) is 5.01 Å². The van der Waals surface area contributed by atoms with Crippen LogP contribution in [0.25, 0.3) is 0 Å². The van der Waals surface area contributed by atoms with E-state index in [9.17, 15) is 14.7 Å². The minimum atomic E-state index is -0.831.